The van der Waals surface area contributed by atoms with Gasteiger partial charge >= 0.3 is 19.8 Å². The van der Waals surface area contributed by atoms with Crippen LogP contribution < -0.4 is 5.73 Å². The Balaban J connectivity index is 4.01. The molecule has 3 N–H and O–H groups in total. The smallest absolute Gasteiger partial charge is 0.462 e. The lowest BCUT2D eigenvalue weighted by atomic mass is 10.0. The summed E-state index contributed by atoms with van der Waals surface area (Å²) in [5.74, 6) is -0.839. The first kappa shape index (κ1) is 57.2. The zero-order valence-corrected chi connectivity index (χ0v) is 39.1. The van der Waals surface area contributed by atoms with Crippen LogP contribution in [0.25, 0.3) is 0 Å². The largest absolute Gasteiger partial charge is 0.472 e. The van der Waals surface area contributed by atoms with E-state index in [1.165, 1.54) is 128 Å². The number of carbonyl (C=O) groups excluding carboxylic acids is 2. The molecule has 0 aromatic carbocycles. The summed E-state index contributed by atoms with van der Waals surface area (Å²) in [6.07, 6.45) is 51.9. The summed E-state index contributed by atoms with van der Waals surface area (Å²) in [6.45, 7) is 3.63. The molecule has 0 aliphatic carbocycles. The second-order valence-electron chi connectivity index (χ2n) is 16.3. The van der Waals surface area contributed by atoms with Gasteiger partial charge in [0.2, 0.25) is 0 Å². The Morgan fingerprint density at radius 3 is 1.39 bits per heavy atom. The summed E-state index contributed by atoms with van der Waals surface area (Å²) < 4.78 is 32.8. The fourth-order valence-corrected chi connectivity index (χ4v) is 7.71. The first-order valence-corrected chi connectivity index (χ1v) is 26.0. The number of rotatable bonds is 46. The van der Waals surface area contributed by atoms with Crippen LogP contribution >= 0.6 is 7.82 Å². The molecule has 59 heavy (non-hydrogen) atoms. The number of ether oxygens (including phenoxy) is 2. The maximum Gasteiger partial charge on any atom is 0.472 e. The highest BCUT2D eigenvalue weighted by Crippen LogP contribution is 2.43. The van der Waals surface area contributed by atoms with Crippen LogP contribution in [-0.4, -0.2) is 49.3 Å². The normalized spacial score (nSPS) is 13.5. The molecule has 0 spiro atoms. The molecule has 0 aromatic rings. The van der Waals surface area contributed by atoms with Gasteiger partial charge in [0, 0.05) is 19.4 Å². The molecule has 10 heteroatoms. The molecule has 0 aliphatic rings. The summed E-state index contributed by atoms with van der Waals surface area (Å²) in [5, 5.41) is 0. The number of hydrogen-bond donors (Lipinski definition) is 2. The van der Waals surface area contributed by atoms with Gasteiger partial charge in [-0.2, -0.15) is 0 Å². The summed E-state index contributed by atoms with van der Waals surface area (Å²) in [4.78, 5) is 35.0. The van der Waals surface area contributed by atoms with E-state index in [-0.39, 0.29) is 38.6 Å². The van der Waals surface area contributed by atoms with Crippen molar-refractivity contribution in [1.82, 2.24) is 0 Å². The maximum atomic E-state index is 12.6. The van der Waals surface area contributed by atoms with Crippen molar-refractivity contribution < 1.29 is 37.6 Å². The van der Waals surface area contributed by atoms with E-state index in [0.717, 1.165) is 70.6 Å². The van der Waals surface area contributed by atoms with Crippen LogP contribution in [0.2, 0.25) is 0 Å². The van der Waals surface area contributed by atoms with E-state index in [1.807, 2.05) is 0 Å². The minimum absolute atomic E-state index is 0.0508. The van der Waals surface area contributed by atoms with E-state index in [4.69, 9.17) is 24.3 Å². The number of phosphoric ester groups is 1. The number of hydrogen-bond acceptors (Lipinski definition) is 8. The van der Waals surface area contributed by atoms with Gasteiger partial charge in [-0.1, -0.05) is 211 Å². The number of allylic oxidation sites excluding steroid dienone is 6. The second kappa shape index (κ2) is 45.7. The molecule has 346 valence electrons. The predicted octanol–water partition coefficient (Wildman–Crippen LogP) is 14.5. The van der Waals surface area contributed by atoms with E-state index >= 15 is 0 Å². The fourth-order valence-electron chi connectivity index (χ4n) is 6.94. The van der Waals surface area contributed by atoms with Gasteiger partial charge in [-0.3, -0.25) is 18.6 Å². The van der Waals surface area contributed by atoms with Gasteiger partial charge in [-0.25, -0.2) is 4.57 Å². The molecule has 0 aromatic heterocycles. The molecule has 0 saturated carbocycles. The topological polar surface area (TPSA) is 134 Å². The highest BCUT2D eigenvalue weighted by Gasteiger charge is 2.26. The van der Waals surface area contributed by atoms with Crippen LogP contribution in [0.15, 0.2) is 36.5 Å². The number of esters is 2. The van der Waals surface area contributed by atoms with E-state index < -0.39 is 26.5 Å². The summed E-state index contributed by atoms with van der Waals surface area (Å²) >= 11 is 0. The SMILES string of the molecule is CC/C=C/C/C=C/C/C=C/CCCCCCCC(=O)O[C@@H](COC(=O)CCCCCCCCCCCCCCCCCCCCCCCCC)COP(=O)(O)OCCN. The van der Waals surface area contributed by atoms with Crippen molar-refractivity contribution in [3.05, 3.63) is 36.5 Å². The van der Waals surface area contributed by atoms with Gasteiger partial charge in [-0.05, 0) is 44.9 Å². The summed E-state index contributed by atoms with van der Waals surface area (Å²) in [7, 11) is -4.38. The molecule has 0 aliphatic heterocycles. The molecule has 0 bridgehead atoms. The van der Waals surface area contributed by atoms with Crippen molar-refractivity contribution in [2.75, 3.05) is 26.4 Å². The molecule has 0 saturated heterocycles. The third-order valence-corrected chi connectivity index (χ3v) is 11.5. The van der Waals surface area contributed by atoms with Crippen LogP contribution in [0.5, 0.6) is 0 Å². The van der Waals surface area contributed by atoms with Crippen molar-refractivity contribution in [2.45, 2.75) is 238 Å². The third-order valence-electron chi connectivity index (χ3n) is 10.5. The van der Waals surface area contributed by atoms with Gasteiger partial charge in [0.05, 0.1) is 13.2 Å². The lowest BCUT2D eigenvalue weighted by Crippen LogP contribution is -2.29. The highest BCUT2D eigenvalue weighted by molar-refractivity contribution is 7.47. The maximum absolute atomic E-state index is 12.6. The number of phosphoric acid groups is 1. The van der Waals surface area contributed by atoms with E-state index in [1.54, 1.807) is 0 Å². The molecule has 0 amide bonds. The first-order valence-electron chi connectivity index (χ1n) is 24.5. The molecule has 0 heterocycles. The minimum Gasteiger partial charge on any atom is -0.462 e. The van der Waals surface area contributed by atoms with Crippen molar-refractivity contribution >= 4 is 19.8 Å². The lowest BCUT2D eigenvalue weighted by Gasteiger charge is -2.19. The van der Waals surface area contributed by atoms with Crippen molar-refractivity contribution in [2.24, 2.45) is 5.73 Å². The van der Waals surface area contributed by atoms with E-state index in [9.17, 15) is 19.0 Å². The Morgan fingerprint density at radius 2 is 0.932 bits per heavy atom. The average molecular weight is 854 g/mol. The quantitative estimate of drug-likeness (QED) is 0.0265. The molecule has 2 atom stereocenters. The first-order chi connectivity index (χ1) is 28.8. The number of nitrogens with two attached hydrogens (primary N) is 1. The predicted molar refractivity (Wildman–Crippen MR) is 247 cm³/mol. The van der Waals surface area contributed by atoms with Gasteiger partial charge in [0.25, 0.3) is 0 Å². The Labute approximate surface area is 363 Å². The van der Waals surface area contributed by atoms with Crippen molar-refractivity contribution in [1.29, 1.82) is 0 Å². The van der Waals surface area contributed by atoms with Crippen LogP contribution in [0.3, 0.4) is 0 Å². The zero-order chi connectivity index (χ0) is 43.2. The lowest BCUT2D eigenvalue weighted by molar-refractivity contribution is -0.161. The molecule has 0 fully saturated rings. The van der Waals surface area contributed by atoms with Crippen LogP contribution in [0, 0.1) is 0 Å². The standard InChI is InChI=1S/C49H92NO8P/c1-3-5-7-9-11-13-15-17-19-20-21-22-23-24-25-26-28-29-31-33-35-37-39-41-48(51)55-45-47(46-57-59(53,54)56-44-43-50)58-49(52)42-40-38-36-34-32-30-27-18-16-14-12-10-8-6-4-2/h6,8,12,14,18,27,47H,3-5,7,9-11,13,15-17,19-26,28-46,50H2,1-2H3,(H,53,54)/b8-6+,14-12+,27-18+/t47-/m0/s1. The number of unbranched alkanes of at least 4 members (excludes halogenated alkanes) is 27. The van der Waals surface area contributed by atoms with Crippen LogP contribution in [-0.2, 0) is 32.7 Å². The molecule has 9 nitrogen and oxygen atoms in total. The Bertz CT molecular complexity index is 1060. The average Bonchev–Trinajstić information content (AvgIpc) is 3.22. The summed E-state index contributed by atoms with van der Waals surface area (Å²) in [6, 6.07) is 0. The molecule has 1 unspecified atom stereocenters. The second-order valence-corrected chi connectivity index (χ2v) is 17.8. The van der Waals surface area contributed by atoms with Crippen LogP contribution in [0.1, 0.15) is 232 Å². The van der Waals surface area contributed by atoms with E-state index in [0.29, 0.717) is 6.42 Å². The molecular formula is C49H92NO8P. The van der Waals surface area contributed by atoms with Crippen LogP contribution in [0.4, 0.5) is 0 Å². The molecule has 0 rings (SSSR count). The van der Waals surface area contributed by atoms with E-state index in [2.05, 4.69) is 50.3 Å². The molecule has 0 radical (unpaired) electrons. The van der Waals surface area contributed by atoms with Gasteiger partial charge in [0.1, 0.15) is 6.61 Å². The molecular weight excluding hydrogens is 762 g/mol. The highest BCUT2D eigenvalue weighted by atomic mass is 31.2. The van der Waals surface area contributed by atoms with Gasteiger partial charge < -0.3 is 20.1 Å². The van der Waals surface area contributed by atoms with Crippen molar-refractivity contribution in [3.8, 4) is 0 Å². The monoisotopic (exact) mass is 854 g/mol. The zero-order valence-electron chi connectivity index (χ0n) is 38.2. The fraction of sp³-hybridized carbons (Fsp3) is 0.837. The summed E-state index contributed by atoms with van der Waals surface area (Å²) in [5.41, 5.74) is 5.36. The number of carbonyl (C=O) groups is 2. The minimum atomic E-state index is -4.38. The Morgan fingerprint density at radius 1 is 0.525 bits per heavy atom. The Kier molecular flexibility index (Phi) is 44.4. The third kappa shape index (κ3) is 45.6. The van der Waals surface area contributed by atoms with Crippen molar-refractivity contribution in [3.63, 3.8) is 0 Å². The van der Waals surface area contributed by atoms with Gasteiger partial charge in [-0.15, -0.1) is 0 Å². The van der Waals surface area contributed by atoms with Gasteiger partial charge in [0.15, 0.2) is 6.10 Å². The Hall–Kier alpha value is -1.77.